The lowest BCUT2D eigenvalue weighted by Crippen LogP contribution is -2.25. The molecule has 0 aliphatic heterocycles. The summed E-state index contributed by atoms with van der Waals surface area (Å²) in [6, 6.07) is 8.45. The molecule has 182 valence electrons. The Kier molecular flexibility index (Phi) is 9.18. The van der Waals surface area contributed by atoms with E-state index in [4.69, 9.17) is 4.74 Å². The smallest absolute Gasteiger partial charge is 0.312 e. The maximum atomic E-state index is 13.6. The van der Waals surface area contributed by atoms with Crippen molar-refractivity contribution in [1.82, 2.24) is 14.3 Å². The van der Waals surface area contributed by atoms with Crippen LogP contribution in [0.4, 0.5) is 5.69 Å². The largest absolute Gasteiger partial charge is 0.486 e. The number of halogens is 1. The number of aryl methyl sites for hydroxylation is 1. The number of carbonyl (C=O) groups is 1. The number of nitrogens with zero attached hydrogens (tertiary/aromatic N) is 4. The van der Waals surface area contributed by atoms with Gasteiger partial charge in [-0.3, -0.25) is 19.3 Å². The normalized spacial score (nSPS) is 11.3. The second-order valence-electron chi connectivity index (χ2n) is 8.06. The van der Waals surface area contributed by atoms with Crippen LogP contribution in [0.1, 0.15) is 61.8 Å². The lowest BCUT2D eigenvalue weighted by atomic mass is 10.0. The Labute approximate surface area is 208 Å². The fourth-order valence-corrected chi connectivity index (χ4v) is 4.50. The van der Waals surface area contributed by atoms with E-state index in [2.05, 4.69) is 46.6 Å². The first-order valence-electron chi connectivity index (χ1n) is 11.7. The molecule has 0 aliphatic carbocycles. The molecule has 0 fully saturated rings. The van der Waals surface area contributed by atoms with Gasteiger partial charge in [-0.05, 0) is 66.5 Å². The number of hydrogen-bond donors (Lipinski definition) is 0. The highest BCUT2D eigenvalue weighted by atomic mass is 79.9. The summed E-state index contributed by atoms with van der Waals surface area (Å²) in [5.41, 5.74) is 1.81. The molecular formula is C25H31BrN4O4. The Balaban J connectivity index is 1.92. The van der Waals surface area contributed by atoms with Gasteiger partial charge in [-0.2, -0.15) is 0 Å². The number of ether oxygens (including phenoxy) is 1. The Hall–Kier alpha value is -2.78. The van der Waals surface area contributed by atoms with Crippen LogP contribution in [-0.4, -0.2) is 51.2 Å². The Morgan fingerprint density at radius 1 is 1.21 bits per heavy atom. The second kappa shape index (κ2) is 12.1. The van der Waals surface area contributed by atoms with Gasteiger partial charge in [-0.15, -0.1) is 0 Å². The summed E-state index contributed by atoms with van der Waals surface area (Å²) in [5, 5.41) is 11.9. The van der Waals surface area contributed by atoms with Crippen LogP contribution in [0.5, 0.6) is 5.75 Å². The van der Waals surface area contributed by atoms with Crippen molar-refractivity contribution in [2.45, 2.75) is 46.5 Å². The number of nitro groups is 1. The number of pyridine rings is 1. The van der Waals surface area contributed by atoms with E-state index in [1.165, 1.54) is 6.07 Å². The Morgan fingerprint density at radius 3 is 2.65 bits per heavy atom. The zero-order chi connectivity index (χ0) is 24.7. The van der Waals surface area contributed by atoms with Crippen molar-refractivity contribution in [3.05, 3.63) is 68.1 Å². The first-order valence-corrected chi connectivity index (χ1v) is 12.5. The Morgan fingerprint density at radius 2 is 1.97 bits per heavy atom. The van der Waals surface area contributed by atoms with Gasteiger partial charge in [0.05, 0.1) is 21.7 Å². The van der Waals surface area contributed by atoms with Crippen LogP contribution in [0, 0.1) is 10.1 Å². The number of fused-ring (bicyclic) bond motifs is 1. The molecule has 8 nitrogen and oxygen atoms in total. The second-order valence-corrected chi connectivity index (χ2v) is 8.92. The van der Waals surface area contributed by atoms with E-state index >= 15 is 0 Å². The van der Waals surface area contributed by atoms with Gasteiger partial charge in [0.25, 0.3) is 0 Å². The zero-order valence-electron chi connectivity index (χ0n) is 19.9. The standard InChI is InChI=1S/C25H31BrN4O4/c1-4-7-11-20-23(29-14-9-8-12-22(29)27-20)24(31)18-16-19(26)25(21(17-18)30(32)33)34-15-10-13-28(5-2)6-3/h8-9,12,14,16-17H,4-7,10-11,13,15H2,1-3H3. The van der Waals surface area contributed by atoms with Gasteiger partial charge in [0, 0.05) is 24.4 Å². The molecule has 34 heavy (non-hydrogen) atoms. The van der Waals surface area contributed by atoms with Gasteiger partial charge in [-0.25, -0.2) is 4.98 Å². The third kappa shape index (κ3) is 5.82. The number of nitro benzene ring substituents is 1. The number of imidazole rings is 1. The first-order chi connectivity index (χ1) is 16.4. The molecule has 3 rings (SSSR count). The van der Waals surface area contributed by atoms with Crippen molar-refractivity contribution in [1.29, 1.82) is 0 Å². The highest BCUT2D eigenvalue weighted by molar-refractivity contribution is 9.10. The molecule has 9 heteroatoms. The van der Waals surface area contributed by atoms with E-state index in [1.807, 2.05) is 18.2 Å². The molecule has 0 saturated carbocycles. The van der Waals surface area contributed by atoms with Crippen molar-refractivity contribution in [3.8, 4) is 5.75 Å². The first kappa shape index (κ1) is 25.8. The van der Waals surface area contributed by atoms with Crippen molar-refractivity contribution >= 4 is 33.0 Å². The average Bonchev–Trinajstić information content (AvgIpc) is 3.21. The summed E-state index contributed by atoms with van der Waals surface area (Å²) in [6.45, 7) is 9.36. The number of ketones is 1. The number of hydrogen-bond acceptors (Lipinski definition) is 6. The van der Waals surface area contributed by atoms with Gasteiger partial charge in [0.1, 0.15) is 11.3 Å². The number of aromatic nitrogens is 2. The van der Waals surface area contributed by atoms with Crippen LogP contribution in [-0.2, 0) is 6.42 Å². The maximum Gasteiger partial charge on any atom is 0.312 e. The van der Waals surface area contributed by atoms with Crippen LogP contribution >= 0.6 is 15.9 Å². The van der Waals surface area contributed by atoms with Crippen LogP contribution in [0.25, 0.3) is 5.65 Å². The third-order valence-corrected chi connectivity index (χ3v) is 6.42. The quantitative estimate of drug-likeness (QED) is 0.122. The van der Waals surface area contributed by atoms with Crippen molar-refractivity contribution in [3.63, 3.8) is 0 Å². The molecular weight excluding hydrogens is 500 g/mol. The van der Waals surface area contributed by atoms with E-state index in [0.717, 1.165) is 38.9 Å². The van der Waals surface area contributed by atoms with E-state index < -0.39 is 4.92 Å². The summed E-state index contributed by atoms with van der Waals surface area (Å²) < 4.78 is 7.94. The molecule has 0 bridgehead atoms. The van der Waals surface area contributed by atoms with Crippen LogP contribution in [0.3, 0.4) is 0 Å². The summed E-state index contributed by atoms with van der Waals surface area (Å²) in [4.78, 5) is 31.9. The molecule has 0 N–H and O–H groups in total. The van der Waals surface area contributed by atoms with Crippen molar-refractivity contribution < 1.29 is 14.5 Å². The highest BCUT2D eigenvalue weighted by Crippen LogP contribution is 2.37. The van der Waals surface area contributed by atoms with E-state index in [-0.39, 0.29) is 22.8 Å². The number of unbranched alkanes of at least 4 members (excludes halogenated alkanes) is 1. The van der Waals surface area contributed by atoms with Gasteiger partial charge in [0.2, 0.25) is 11.5 Å². The topological polar surface area (TPSA) is 90.0 Å². The summed E-state index contributed by atoms with van der Waals surface area (Å²) in [7, 11) is 0. The lowest BCUT2D eigenvalue weighted by Gasteiger charge is -2.18. The molecule has 2 aromatic heterocycles. The predicted molar refractivity (Wildman–Crippen MR) is 136 cm³/mol. The molecule has 0 amide bonds. The highest BCUT2D eigenvalue weighted by Gasteiger charge is 2.26. The molecule has 1 aromatic carbocycles. The van der Waals surface area contributed by atoms with E-state index in [0.29, 0.717) is 34.5 Å². The minimum atomic E-state index is -0.506. The molecule has 0 aliphatic rings. The number of rotatable bonds is 13. The third-order valence-electron chi connectivity index (χ3n) is 5.83. The van der Waals surface area contributed by atoms with Crippen LogP contribution in [0.15, 0.2) is 41.0 Å². The summed E-state index contributed by atoms with van der Waals surface area (Å²) >= 11 is 3.40. The lowest BCUT2D eigenvalue weighted by molar-refractivity contribution is -0.386. The van der Waals surface area contributed by atoms with Gasteiger partial charge >= 0.3 is 5.69 Å². The minimum Gasteiger partial charge on any atom is -0.486 e. The molecule has 3 aromatic rings. The average molecular weight is 531 g/mol. The molecule has 0 radical (unpaired) electrons. The molecule has 0 saturated heterocycles. The molecule has 2 heterocycles. The van der Waals surface area contributed by atoms with Crippen molar-refractivity contribution in [2.24, 2.45) is 0 Å². The van der Waals surface area contributed by atoms with Crippen LogP contribution < -0.4 is 4.74 Å². The predicted octanol–water partition coefficient (Wildman–Crippen LogP) is 5.69. The zero-order valence-corrected chi connectivity index (χ0v) is 21.5. The van der Waals surface area contributed by atoms with Gasteiger partial charge in [0.15, 0.2) is 0 Å². The monoisotopic (exact) mass is 530 g/mol. The Bertz CT molecular complexity index is 1160. The number of benzene rings is 1. The summed E-state index contributed by atoms with van der Waals surface area (Å²) in [5.74, 6) is -0.160. The molecule has 0 spiro atoms. The maximum absolute atomic E-state index is 13.6. The SMILES string of the molecule is CCCCc1nc2ccccn2c1C(=O)c1cc(Br)c(OCCCN(CC)CC)c([N+](=O)[O-])c1. The van der Waals surface area contributed by atoms with Crippen LogP contribution in [0.2, 0.25) is 0 Å². The summed E-state index contributed by atoms with van der Waals surface area (Å²) in [6.07, 6.45) is 5.07. The van der Waals surface area contributed by atoms with E-state index in [9.17, 15) is 14.9 Å². The van der Waals surface area contributed by atoms with Crippen molar-refractivity contribution in [2.75, 3.05) is 26.2 Å². The minimum absolute atomic E-state index is 0.144. The fraction of sp³-hybridized carbons (Fsp3) is 0.440. The number of carbonyl (C=O) groups excluding carboxylic acids is 1. The van der Waals surface area contributed by atoms with Gasteiger partial charge < -0.3 is 9.64 Å². The fourth-order valence-electron chi connectivity index (χ4n) is 3.93. The molecule has 0 unspecified atom stereocenters. The van der Waals surface area contributed by atoms with Gasteiger partial charge in [-0.1, -0.05) is 33.3 Å². The van der Waals surface area contributed by atoms with E-state index in [1.54, 1.807) is 16.7 Å². The molecule has 0 atom stereocenters.